The van der Waals surface area contributed by atoms with Crippen molar-refractivity contribution in [1.29, 1.82) is 0 Å². The Labute approximate surface area is 185 Å². The lowest BCUT2D eigenvalue weighted by Gasteiger charge is -2.30. The molecular formula is C23H24N6O3. The molecule has 1 amide bonds. The maximum atomic E-state index is 12.4. The Kier molecular flexibility index (Phi) is 6.16. The molecule has 0 radical (unpaired) electrons. The molecule has 9 heteroatoms. The highest BCUT2D eigenvalue weighted by molar-refractivity contribution is 5.93. The summed E-state index contributed by atoms with van der Waals surface area (Å²) in [7, 11) is 3.29. The summed E-state index contributed by atoms with van der Waals surface area (Å²) in [5, 5.41) is 10.5. The van der Waals surface area contributed by atoms with Crippen LogP contribution in [0, 0.1) is 0 Å². The van der Waals surface area contributed by atoms with Crippen molar-refractivity contribution in [1.82, 2.24) is 9.78 Å². The summed E-state index contributed by atoms with van der Waals surface area (Å²) >= 11 is 0. The predicted molar refractivity (Wildman–Crippen MR) is 123 cm³/mol. The number of hydrogen-bond donors (Lipinski definition) is 2. The van der Waals surface area contributed by atoms with Gasteiger partial charge in [0.15, 0.2) is 0 Å². The van der Waals surface area contributed by atoms with Gasteiger partial charge < -0.3 is 20.3 Å². The standard InChI is InChI=1S/C23H24N6O3/c1-28(19-6-4-3-5-7-19)23-25-15-24-21-17(14-26-29(21)23)10-13-20(30)27-18-11-8-16(9-12-18)22(31)32-2/h3-9,11-12,14-15,23H,10,13H2,1-2H3,(H,24,25)(H,27,30). The van der Waals surface area contributed by atoms with Gasteiger partial charge in [-0.3, -0.25) is 4.79 Å². The van der Waals surface area contributed by atoms with Crippen molar-refractivity contribution in [3.63, 3.8) is 0 Å². The summed E-state index contributed by atoms with van der Waals surface area (Å²) in [5.74, 6) is 0.280. The minimum absolute atomic E-state index is 0.127. The summed E-state index contributed by atoms with van der Waals surface area (Å²) in [6.45, 7) is 0. The zero-order chi connectivity index (χ0) is 22.5. The fourth-order valence-electron chi connectivity index (χ4n) is 3.48. The predicted octanol–water partition coefficient (Wildman–Crippen LogP) is 3.29. The highest BCUT2D eigenvalue weighted by atomic mass is 16.5. The monoisotopic (exact) mass is 432 g/mol. The van der Waals surface area contributed by atoms with Crippen LogP contribution in [0.25, 0.3) is 0 Å². The van der Waals surface area contributed by atoms with Crippen LogP contribution in [0.15, 0.2) is 65.8 Å². The number of amides is 1. The van der Waals surface area contributed by atoms with Crippen LogP contribution in [-0.4, -0.2) is 42.2 Å². The lowest BCUT2D eigenvalue weighted by atomic mass is 10.1. The van der Waals surface area contributed by atoms with Crippen LogP contribution in [0.2, 0.25) is 0 Å². The number of esters is 1. The summed E-state index contributed by atoms with van der Waals surface area (Å²) in [5.41, 5.74) is 3.00. The second kappa shape index (κ2) is 9.34. The molecule has 9 nitrogen and oxygen atoms in total. The lowest BCUT2D eigenvalue weighted by molar-refractivity contribution is -0.116. The largest absolute Gasteiger partial charge is 0.465 e. The average molecular weight is 432 g/mol. The van der Waals surface area contributed by atoms with Gasteiger partial charge >= 0.3 is 5.97 Å². The normalized spacial score (nSPS) is 14.2. The SMILES string of the molecule is COC(=O)c1ccc(NC(=O)CCc2cnn3c2NC=NC3N(C)c2ccccc2)cc1. The van der Waals surface area contributed by atoms with E-state index >= 15 is 0 Å². The minimum Gasteiger partial charge on any atom is -0.465 e. The third-order valence-corrected chi connectivity index (χ3v) is 5.22. The van der Waals surface area contributed by atoms with E-state index < -0.39 is 5.97 Å². The van der Waals surface area contributed by atoms with Crippen LogP contribution in [0.4, 0.5) is 17.2 Å². The zero-order valence-corrected chi connectivity index (χ0v) is 17.9. The molecule has 1 unspecified atom stereocenters. The molecule has 4 rings (SSSR count). The molecule has 0 saturated carbocycles. The number of hydrogen-bond acceptors (Lipinski definition) is 7. The van der Waals surface area contributed by atoms with Gasteiger partial charge in [-0.1, -0.05) is 18.2 Å². The maximum Gasteiger partial charge on any atom is 0.337 e. The van der Waals surface area contributed by atoms with Gasteiger partial charge in [-0.15, -0.1) is 0 Å². The van der Waals surface area contributed by atoms with E-state index in [4.69, 9.17) is 0 Å². The number of carbonyl (C=O) groups excluding carboxylic acids is 2. The van der Waals surface area contributed by atoms with Crippen molar-refractivity contribution in [2.24, 2.45) is 4.99 Å². The van der Waals surface area contributed by atoms with E-state index in [2.05, 4.69) is 25.5 Å². The molecule has 32 heavy (non-hydrogen) atoms. The number of nitrogens with one attached hydrogen (secondary N) is 2. The number of aryl methyl sites for hydroxylation is 1. The average Bonchev–Trinajstić information content (AvgIpc) is 3.26. The molecule has 0 saturated heterocycles. The number of methoxy groups -OCH3 is 1. The quantitative estimate of drug-likeness (QED) is 0.556. The minimum atomic E-state index is -0.416. The first-order valence-corrected chi connectivity index (χ1v) is 10.2. The Bertz CT molecular complexity index is 1120. The molecule has 1 aliphatic rings. The number of ether oxygens (including phenoxy) is 1. The van der Waals surface area contributed by atoms with Crippen LogP contribution in [-0.2, 0) is 16.0 Å². The van der Waals surface area contributed by atoms with E-state index in [1.165, 1.54) is 7.11 Å². The second-order valence-corrected chi connectivity index (χ2v) is 7.30. The van der Waals surface area contributed by atoms with Crippen LogP contribution >= 0.6 is 0 Å². The molecule has 2 heterocycles. The number of benzene rings is 2. The van der Waals surface area contributed by atoms with Gasteiger partial charge in [-0.2, -0.15) is 5.10 Å². The summed E-state index contributed by atoms with van der Waals surface area (Å²) in [6, 6.07) is 16.5. The Morgan fingerprint density at radius 1 is 1.16 bits per heavy atom. The van der Waals surface area contributed by atoms with Crippen molar-refractivity contribution in [2.75, 3.05) is 29.7 Å². The van der Waals surface area contributed by atoms with Crippen LogP contribution in [0.1, 0.15) is 28.6 Å². The first-order chi connectivity index (χ1) is 15.6. The number of aliphatic imine (C=N–C) groups is 1. The summed E-state index contributed by atoms with van der Waals surface area (Å²) in [4.78, 5) is 30.5. The van der Waals surface area contributed by atoms with Gasteiger partial charge in [-0.05, 0) is 42.8 Å². The van der Waals surface area contributed by atoms with E-state index in [-0.39, 0.29) is 18.6 Å². The number of nitrogens with zero attached hydrogens (tertiary/aromatic N) is 4. The molecule has 1 atom stereocenters. The third kappa shape index (κ3) is 4.46. The maximum absolute atomic E-state index is 12.4. The molecule has 0 aliphatic carbocycles. The lowest BCUT2D eigenvalue weighted by Crippen LogP contribution is -2.32. The summed E-state index contributed by atoms with van der Waals surface area (Å²) < 4.78 is 6.49. The van der Waals surface area contributed by atoms with Crippen molar-refractivity contribution < 1.29 is 14.3 Å². The Morgan fingerprint density at radius 2 is 1.91 bits per heavy atom. The van der Waals surface area contributed by atoms with E-state index in [0.29, 0.717) is 17.7 Å². The van der Waals surface area contributed by atoms with Gasteiger partial charge in [0.1, 0.15) is 5.82 Å². The van der Waals surface area contributed by atoms with Crippen LogP contribution in [0.5, 0.6) is 0 Å². The molecule has 1 aromatic heterocycles. The number of para-hydroxylation sites is 1. The van der Waals surface area contributed by atoms with Crippen molar-refractivity contribution in [3.8, 4) is 0 Å². The first kappa shape index (κ1) is 21.1. The van der Waals surface area contributed by atoms with Crippen LogP contribution in [0.3, 0.4) is 0 Å². The summed E-state index contributed by atoms with van der Waals surface area (Å²) in [6.07, 6.45) is 3.92. The molecule has 3 aromatic rings. The molecule has 2 N–H and O–H groups in total. The molecule has 1 aliphatic heterocycles. The molecule has 0 fully saturated rings. The van der Waals surface area contributed by atoms with Gasteiger partial charge in [-0.25, -0.2) is 14.5 Å². The van der Waals surface area contributed by atoms with E-state index in [9.17, 15) is 9.59 Å². The van der Waals surface area contributed by atoms with Gasteiger partial charge in [0.05, 0.1) is 25.2 Å². The smallest absolute Gasteiger partial charge is 0.337 e. The Hall–Kier alpha value is -4.14. The van der Waals surface area contributed by atoms with E-state index in [1.54, 1.807) is 36.8 Å². The Balaban J connectivity index is 1.38. The number of aromatic nitrogens is 2. The van der Waals surface area contributed by atoms with Gasteiger partial charge in [0.25, 0.3) is 0 Å². The highest BCUT2D eigenvalue weighted by Crippen LogP contribution is 2.29. The van der Waals surface area contributed by atoms with Crippen LogP contribution < -0.4 is 15.5 Å². The number of rotatable bonds is 7. The topological polar surface area (TPSA) is 101 Å². The third-order valence-electron chi connectivity index (χ3n) is 5.22. The van der Waals surface area contributed by atoms with Gasteiger partial charge in [0, 0.05) is 30.4 Å². The Morgan fingerprint density at radius 3 is 2.62 bits per heavy atom. The number of fused-ring (bicyclic) bond motifs is 1. The zero-order valence-electron chi connectivity index (χ0n) is 17.9. The first-order valence-electron chi connectivity index (χ1n) is 10.2. The fraction of sp³-hybridized carbons (Fsp3) is 0.217. The van der Waals surface area contributed by atoms with E-state index in [1.807, 2.05) is 47.0 Å². The number of anilines is 3. The van der Waals surface area contributed by atoms with E-state index in [0.717, 1.165) is 17.1 Å². The molecule has 0 spiro atoms. The van der Waals surface area contributed by atoms with Crippen molar-refractivity contribution in [2.45, 2.75) is 19.1 Å². The highest BCUT2D eigenvalue weighted by Gasteiger charge is 2.24. The van der Waals surface area contributed by atoms with Crippen molar-refractivity contribution >= 4 is 35.4 Å². The molecule has 164 valence electrons. The molecule has 0 bridgehead atoms. The van der Waals surface area contributed by atoms with Crippen molar-refractivity contribution in [3.05, 3.63) is 71.9 Å². The second-order valence-electron chi connectivity index (χ2n) is 7.30. The molecule has 2 aromatic carbocycles. The number of carbonyl (C=O) groups is 2. The molecular weight excluding hydrogens is 408 g/mol. The van der Waals surface area contributed by atoms with Gasteiger partial charge in [0.2, 0.25) is 12.2 Å². The fourth-order valence-corrected chi connectivity index (χ4v) is 3.48.